The zero-order chi connectivity index (χ0) is 17.7. The number of hydrogen-bond donors (Lipinski definition) is 1. The van der Waals surface area contributed by atoms with Crippen LogP contribution in [0.25, 0.3) is 0 Å². The predicted octanol–water partition coefficient (Wildman–Crippen LogP) is 2.74. The lowest BCUT2D eigenvalue weighted by Crippen LogP contribution is -2.32. The first-order valence-corrected chi connectivity index (χ1v) is 8.75. The molecule has 6 heteroatoms. The van der Waals surface area contributed by atoms with E-state index in [9.17, 15) is 0 Å². The minimum atomic E-state index is -0.447. The van der Waals surface area contributed by atoms with Crippen molar-refractivity contribution in [2.24, 2.45) is 0 Å². The number of methoxy groups -OCH3 is 1. The maximum Gasteiger partial charge on any atom is 0.166 e. The van der Waals surface area contributed by atoms with Crippen LogP contribution in [0.5, 0.6) is 5.75 Å². The fourth-order valence-corrected chi connectivity index (χ4v) is 3.09. The molecule has 136 valence electrons. The van der Waals surface area contributed by atoms with E-state index in [0.717, 1.165) is 24.3 Å². The number of hydrogen-bond acceptors (Lipinski definition) is 5. The van der Waals surface area contributed by atoms with Gasteiger partial charge in [-0.1, -0.05) is 6.07 Å². The summed E-state index contributed by atoms with van der Waals surface area (Å²) < 4.78 is 18.7. The van der Waals surface area contributed by atoms with Crippen LogP contribution in [0.2, 0.25) is 0 Å². The number of rotatable bonds is 8. The van der Waals surface area contributed by atoms with Gasteiger partial charge in [0.25, 0.3) is 0 Å². The molecule has 1 aliphatic heterocycles. The summed E-state index contributed by atoms with van der Waals surface area (Å²) in [5.74, 6) is 0.435. The van der Waals surface area contributed by atoms with Gasteiger partial charge in [-0.15, -0.1) is 0 Å². The number of nitrogens with one attached hydrogen (secondary N) is 1. The average Bonchev–Trinajstić information content (AvgIpc) is 3.27. The SMILES string of the molecule is COc1ccc([C@@H](C)NCCC2(C)OCCO2)cc1Cn1cccn1. The van der Waals surface area contributed by atoms with Crippen LogP contribution in [0.3, 0.4) is 0 Å². The fraction of sp³-hybridized carbons (Fsp3) is 0.526. The second-order valence-corrected chi connectivity index (χ2v) is 6.53. The Labute approximate surface area is 149 Å². The second kappa shape index (κ2) is 7.99. The molecule has 1 aliphatic rings. The summed E-state index contributed by atoms with van der Waals surface area (Å²) in [6, 6.07) is 8.47. The highest BCUT2D eigenvalue weighted by atomic mass is 16.7. The Morgan fingerprint density at radius 3 is 2.84 bits per heavy atom. The molecule has 2 aromatic rings. The summed E-state index contributed by atoms with van der Waals surface area (Å²) in [6.45, 7) is 7.05. The van der Waals surface area contributed by atoms with Gasteiger partial charge in [0.05, 0.1) is 26.9 Å². The van der Waals surface area contributed by atoms with E-state index in [2.05, 4.69) is 29.5 Å². The summed E-state index contributed by atoms with van der Waals surface area (Å²) in [6.07, 6.45) is 4.57. The van der Waals surface area contributed by atoms with E-state index in [1.165, 1.54) is 5.56 Å². The standard InChI is InChI=1S/C19H27N3O3/c1-15(20-9-7-19(2)24-11-12-25-19)16-5-6-18(23-3)17(13-16)14-22-10-4-8-21-22/h4-6,8,10,13,15,20H,7,9,11-12,14H2,1-3H3/t15-/m1/s1. The molecule has 1 aromatic carbocycles. The third-order valence-electron chi connectivity index (χ3n) is 4.62. The van der Waals surface area contributed by atoms with Crippen LogP contribution < -0.4 is 10.1 Å². The van der Waals surface area contributed by atoms with E-state index >= 15 is 0 Å². The van der Waals surface area contributed by atoms with Crippen molar-refractivity contribution in [2.75, 3.05) is 26.9 Å². The van der Waals surface area contributed by atoms with Crippen molar-refractivity contribution in [3.63, 3.8) is 0 Å². The predicted molar refractivity (Wildman–Crippen MR) is 95.7 cm³/mol. The molecule has 1 fully saturated rings. The molecule has 0 unspecified atom stereocenters. The van der Waals surface area contributed by atoms with Gasteiger partial charge in [-0.05, 0) is 37.6 Å². The summed E-state index contributed by atoms with van der Waals surface area (Å²) in [4.78, 5) is 0. The van der Waals surface area contributed by atoms with Crippen molar-refractivity contribution in [2.45, 2.75) is 38.6 Å². The number of aromatic nitrogens is 2. The highest BCUT2D eigenvalue weighted by molar-refractivity contribution is 5.38. The normalized spacial score (nSPS) is 17.6. The van der Waals surface area contributed by atoms with Crippen molar-refractivity contribution < 1.29 is 14.2 Å². The molecule has 25 heavy (non-hydrogen) atoms. The zero-order valence-electron chi connectivity index (χ0n) is 15.2. The van der Waals surface area contributed by atoms with Gasteiger partial charge in [-0.3, -0.25) is 4.68 Å². The van der Waals surface area contributed by atoms with Gasteiger partial charge in [0.2, 0.25) is 0 Å². The quantitative estimate of drug-likeness (QED) is 0.797. The molecule has 1 atom stereocenters. The fourth-order valence-electron chi connectivity index (χ4n) is 3.09. The average molecular weight is 345 g/mol. The molecule has 0 amide bonds. The number of nitrogens with zero attached hydrogens (tertiary/aromatic N) is 2. The van der Waals surface area contributed by atoms with E-state index in [4.69, 9.17) is 14.2 Å². The highest BCUT2D eigenvalue weighted by Gasteiger charge is 2.30. The van der Waals surface area contributed by atoms with Crippen molar-refractivity contribution in [1.82, 2.24) is 15.1 Å². The van der Waals surface area contributed by atoms with Gasteiger partial charge in [-0.2, -0.15) is 5.10 Å². The van der Waals surface area contributed by atoms with E-state index in [1.807, 2.05) is 29.9 Å². The number of benzene rings is 1. The maximum atomic E-state index is 5.65. The Morgan fingerprint density at radius 2 is 2.16 bits per heavy atom. The first-order chi connectivity index (χ1) is 12.1. The van der Waals surface area contributed by atoms with Crippen LogP contribution in [-0.4, -0.2) is 42.4 Å². The van der Waals surface area contributed by atoms with Gasteiger partial charge in [0, 0.05) is 37.0 Å². The van der Waals surface area contributed by atoms with Crippen molar-refractivity contribution in [3.8, 4) is 5.75 Å². The third-order valence-corrected chi connectivity index (χ3v) is 4.62. The Hall–Kier alpha value is -1.89. The van der Waals surface area contributed by atoms with Crippen molar-refractivity contribution >= 4 is 0 Å². The molecule has 3 rings (SSSR count). The summed E-state index contributed by atoms with van der Waals surface area (Å²) in [5, 5.41) is 7.83. The lowest BCUT2D eigenvalue weighted by molar-refractivity contribution is -0.145. The summed E-state index contributed by atoms with van der Waals surface area (Å²) >= 11 is 0. The van der Waals surface area contributed by atoms with Crippen LogP contribution in [-0.2, 0) is 16.0 Å². The zero-order valence-corrected chi connectivity index (χ0v) is 15.2. The van der Waals surface area contributed by atoms with Crippen LogP contribution in [0.4, 0.5) is 0 Å². The number of ether oxygens (including phenoxy) is 3. The molecule has 1 N–H and O–H groups in total. The smallest absolute Gasteiger partial charge is 0.166 e. The van der Waals surface area contributed by atoms with E-state index in [0.29, 0.717) is 19.8 Å². The minimum Gasteiger partial charge on any atom is -0.496 e. The molecule has 6 nitrogen and oxygen atoms in total. The van der Waals surface area contributed by atoms with Gasteiger partial charge >= 0.3 is 0 Å². The molecule has 0 bridgehead atoms. The molecule has 0 saturated carbocycles. The molecule has 0 radical (unpaired) electrons. The van der Waals surface area contributed by atoms with Gasteiger partial charge in [0.1, 0.15) is 5.75 Å². The van der Waals surface area contributed by atoms with Gasteiger partial charge in [0.15, 0.2) is 5.79 Å². The van der Waals surface area contributed by atoms with E-state index in [1.54, 1.807) is 13.3 Å². The Balaban J connectivity index is 1.62. The van der Waals surface area contributed by atoms with Crippen LogP contribution in [0.15, 0.2) is 36.7 Å². The lowest BCUT2D eigenvalue weighted by Gasteiger charge is -2.24. The topological polar surface area (TPSA) is 57.5 Å². The summed E-state index contributed by atoms with van der Waals surface area (Å²) in [5.41, 5.74) is 2.34. The molecule has 1 saturated heterocycles. The molecule has 0 aliphatic carbocycles. The minimum absolute atomic E-state index is 0.229. The van der Waals surface area contributed by atoms with Crippen molar-refractivity contribution in [3.05, 3.63) is 47.8 Å². The van der Waals surface area contributed by atoms with Crippen molar-refractivity contribution in [1.29, 1.82) is 0 Å². The Kier molecular flexibility index (Phi) is 5.73. The monoisotopic (exact) mass is 345 g/mol. The highest BCUT2D eigenvalue weighted by Crippen LogP contribution is 2.25. The van der Waals surface area contributed by atoms with Gasteiger partial charge < -0.3 is 19.5 Å². The molecule has 2 heterocycles. The Morgan fingerprint density at radius 1 is 1.36 bits per heavy atom. The molecular formula is C19H27N3O3. The third kappa shape index (κ3) is 4.60. The first-order valence-electron chi connectivity index (χ1n) is 8.75. The van der Waals surface area contributed by atoms with Crippen LogP contribution >= 0.6 is 0 Å². The molecule has 1 aromatic heterocycles. The largest absolute Gasteiger partial charge is 0.496 e. The van der Waals surface area contributed by atoms with E-state index in [-0.39, 0.29) is 6.04 Å². The first kappa shape index (κ1) is 17.9. The molecular weight excluding hydrogens is 318 g/mol. The second-order valence-electron chi connectivity index (χ2n) is 6.53. The van der Waals surface area contributed by atoms with Crippen LogP contribution in [0.1, 0.15) is 37.4 Å². The maximum absolute atomic E-state index is 5.65. The van der Waals surface area contributed by atoms with Gasteiger partial charge in [-0.25, -0.2) is 0 Å². The summed E-state index contributed by atoms with van der Waals surface area (Å²) in [7, 11) is 1.70. The van der Waals surface area contributed by atoms with E-state index < -0.39 is 5.79 Å². The van der Waals surface area contributed by atoms with Crippen LogP contribution in [0, 0.1) is 0 Å². The lowest BCUT2D eigenvalue weighted by atomic mass is 10.0. The Bertz CT molecular complexity index is 667. The molecule has 0 spiro atoms.